The lowest BCUT2D eigenvalue weighted by Crippen LogP contribution is -2.48. The van der Waals surface area contributed by atoms with Crippen LogP contribution in [-0.4, -0.2) is 52.7 Å². The lowest BCUT2D eigenvalue weighted by molar-refractivity contribution is -0.112. The smallest absolute Gasteiger partial charge is 0.253 e. The van der Waals surface area contributed by atoms with Crippen molar-refractivity contribution in [3.8, 4) is 0 Å². The van der Waals surface area contributed by atoms with Crippen LogP contribution in [0.15, 0.2) is 48.8 Å². The van der Waals surface area contributed by atoms with E-state index in [9.17, 15) is 9.59 Å². The molecule has 2 aromatic heterocycles. The zero-order valence-electron chi connectivity index (χ0n) is 18.3. The molecule has 0 saturated carbocycles. The Morgan fingerprint density at radius 2 is 1.81 bits per heavy atom. The monoisotopic (exact) mass is 416 g/mol. The Kier molecular flexibility index (Phi) is 5.89. The number of nitrogens with zero attached hydrogens (tertiary/aromatic N) is 3. The van der Waals surface area contributed by atoms with E-state index in [1.54, 1.807) is 6.08 Å². The average Bonchev–Trinajstić information content (AvgIpc) is 3.19. The van der Waals surface area contributed by atoms with E-state index >= 15 is 0 Å². The molecule has 0 aliphatic carbocycles. The van der Waals surface area contributed by atoms with Gasteiger partial charge in [0.05, 0.1) is 11.9 Å². The van der Waals surface area contributed by atoms with Crippen LogP contribution < -0.4 is 4.90 Å². The van der Waals surface area contributed by atoms with Gasteiger partial charge in [-0.3, -0.25) is 9.59 Å². The number of aromatic nitrogens is 2. The summed E-state index contributed by atoms with van der Waals surface area (Å²) in [7, 11) is 0. The van der Waals surface area contributed by atoms with Gasteiger partial charge in [-0.1, -0.05) is 26.0 Å². The number of piperazine rings is 1. The van der Waals surface area contributed by atoms with Gasteiger partial charge in [0.1, 0.15) is 5.65 Å². The number of amides is 1. The van der Waals surface area contributed by atoms with Gasteiger partial charge in [-0.15, -0.1) is 0 Å². The summed E-state index contributed by atoms with van der Waals surface area (Å²) in [5.41, 5.74) is 4.75. The van der Waals surface area contributed by atoms with Crippen molar-refractivity contribution >= 4 is 34.5 Å². The first-order valence-electron chi connectivity index (χ1n) is 10.7. The number of aromatic amines is 1. The Bertz CT molecular complexity index is 1120. The van der Waals surface area contributed by atoms with Gasteiger partial charge in [0, 0.05) is 48.9 Å². The second-order valence-corrected chi connectivity index (χ2v) is 8.33. The van der Waals surface area contributed by atoms with Gasteiger partial charge in [0.25, 0.3) is 5.91 Å². The fourth-order valence-electron chi connectivity index (χ4n) is 3.89. The van der Waals surface area contributed by atoms with Crippen molar-refractivity contribution in [1.29, 1.82) is 0 Å². The molecule has 0 bridgehead atoms. The SMILES string of the molecule is CC(=O)/C=C/c1c[nH]c2ncc(N3CCN(C(=O)c4ccc(C(C)C)cc4)CC3)cc12. The van der Waals surface area contributed by atoms with Gasteiger partial charge in [-0.25, -0.2) is 4.98 Å². The van der Waals surface area contributed by atoms with Crippen LogP contribution in [0.2, 0.25) is 0 Å². The number of carbonyl (C=O) groups is 2. The molecule has 160 valence electrons. The maximum atomic E-state index is 12.9. The number of nitrogens with one attached hydrogen (secondary N) is 1. The molecular weight excluding hydrogens is 388 g/mol. The quantitative estimate of drug-likeness (QED) is 0.631. The normalized spacial score (nSPS) is 14.7. The van der Waals surface area contributed by atoms with E-state index in [1.807, 2.05) is 47.6 Å². The van der Waals surface area contributed by atoms with E-state index in [-0.39, 0.29) is 11.7 Å². The Hall–Kier alpha value is -3.41. The van der Waals surface area contributed by atoms with Crippen LogP contribution in [0.1, 0.15) is 48.2 Å². The second-order valence-electron chi connectivity index (χ2n) is 8.33. The van der Waals surface area contributed by atoms with Crippen LogP contribution in [0.5, 0.6) is 0 Å². The number of benzene rings is 1. The number of rotatable bonds is 5. The Morgan fingerprint density at radius 1 is 1.10 bits per heavy atom. The number of carbonyl (C=O) groups excluding carboxylic acids is 2. The standard InChI is InChI=1S/C25H28N4O2/c1-17(2)19-6-8-20(9-7-19)25(31)29-12-10-28(11-13-29)22-14-23-21(5-4-18(3)30)15-26-24(23)27-16-22/h4-9,14-17H,10-13H2,1-3H3,(H,26,27)/b5-4+. The first-order chi connectivity index (χ1) is 14.9. The molecule has 6 nitrogen and oxygen atoms in total. The van der Waals surface area contributed by atoms with Gasteiger partial charge in [-0.2, -0.15) is 0 Å². The van der Waals surface area contributed by atoms with Crippen LogP contribution in [0.4, 0.5) is 5.69 Å². The second kappa shape index (κ2) is 8.76. The minimum Gasteiger partial charge on any atom is -0.367 e. The highest BCUT2D eigenvalue weighted by Crippen LogP contribution is 2.25. The fraction of sp³-hybridized carbons (Fsp3) is 0.320. The van der Waals surface area contributed by atoms with E-state index in [0.717, 1.165) is 40.9 Å². The number of hydrogen-bond donors (Lipinski definition) is 1. The molecule has 0 atom stereocenters. The van der Waals surface area contributed by atoms with E-state index in [1.165, 1.54) is 12.5 Å². The fourth-order valence-corrected chi connectivity index (χ4v) is 3.89. The van der Waals surface area contributed by atoms with Crippen LogP contribution in [0.25, 0.3) is 17.1 Å². The van der Waals surface area contributed by atoms with Gasteiger partial charge in [0.15, 0.2) is 5.78 Å². The van der Waals surface area contributed by atoms with Crippen molar-refractivity contribution in [1.82, 2.24) is 14.9 Å². The maximum Gasteiger partial charge on any atom is 0.253 e. The lowest BCUT2D eigenvalue weighted by atomic mass is 10.0. The highest BCUT2D eigenvalue weighted by atomic mass is 16.2. The first kappa shape index (κ1) is 20.8. The van der Waals surface area contributed by atoms with Crippen molar-refractivity contribution in [2.75, 3.05) is 31.1 Å². The number of hydrogen-bond acceptors (Lipinski definition) is 4. The first-order valence-corrected chi connectivity index (χ1v) is 10.7. The Morgan fingerprint density at radius 3 is 2.45 bits per heavy atom. The number of fused-ring (bicyclic) bond motifs is 1. The van der Waals surface area contributed by atoms with E-state index in [2.05, 4.69) is 34.8 Å². The number of allylic oxidation sites excluding steroid dienone is 1. The van der Waals surface area contributed by atoms with Crippen molar-refractivity contribution in [3.05, 3.63) is 65.5 Å². The highest BCUT2D eigenvalue weighted by Gasteiger charge is 2.23. The number of H-pyrrole nitrogens is 1. The van der Waals surface area contributed by atoms with Gasteiger partial charge >= 0.3 is 0 Å². The van der Waals surface area contributed by atoms with Crippen LogP contribution in [-0.2, 0) is 4.79 Å². The van der Waals surface area contributed by atoms with Crippen molar-refractivity contribution in [3.63, 3.8) is 0 Å². The molecule has 1 aliphatic rings. The molecule has 1 amide bonds. The summed E-state index contributed by atoms with van der Waals surface area (Å²) < 4.78 is 0. The molecule has 0 spiro atoms. The summed E-state index contributed by atoms with van der Waals surface area (Å²) in [6, 6.07) is 10.1. The molecule has 6 heteroatoms. The average molecular weight is 417 g/mol. The summed E-state index contributed by atoms with van der Waals surface area (Å²) >= 11 is 0. The number of ketones is 1. The number of pyridine rings is 1. The molecule has 1 N–H and O–H groups in total. The zero-order chi connectivity index (χ0) is 22.0. The molecule has 0 radical (unpaired) electrons. The predicted octanol–water partition coefficient (Wildman–Crippen LogP) is 4.25. The van der Waals surface area contributed by atoms with E-state index in [4.69, 9.17) is 0 Å². The largest absolute Gasteiger partial charge is 0.367 e. The zero-order valence-corrected chi connectivity index (χ0v) is 18.3. The van der Waals surface area contributed by atoms with E-state index < -0.39 is 0 Å². The molecule has 3 heterocycles. The van der Waals surface area contributed by atoms with Crippen LogP contribution in [0, 0.1) is 0 Å². The molecule has 1 fully saturated rings. The molecule has 0 unspecified atom stereocenters. The third-order valence-electron chi connectivity index (χ3n) is 5.80. The predicted molar refractivity (Wildman–Crippen MR) is 124 cm³/mol. The number of anilines is 1. The highest BCUT2D eigenvalue weighted by molar-refractivity contribution is 5.96. The molecule has 1 aliphatic heterocycles. The lowest BCUT2D eigenvalue weighted by Gasteiger charge is -2.36. The summed E-state index contributed by atoms with van der Waals surface area (Å²) in [4.78, 5) is 36.0. The molecule has 31 heavy (non-hydrogen) atoms. The van der Waals surface area contributed by atoms with Crippen LogP contribution >= 0.6 is 0 Å². The van der Waals surface area contributed by atoms with Crippen molar-refractivity contribution in [2.45, 2.75) is 26.7 Å². The summed E-state index contributed by atoms with van der Waals surface area (Å²) in [6.45, 7) is 8.70. The van der Waals surface area contributed by atoms with Crippen molar-refractivity contribution in [2.24, 2.45) is 0 Å². The molecule has 4 rings (SSSR count). The van der Waals surface area contributed by atoms with Gasteiger partial charge in [-0.05, 0) is 48.8 Å². The minimum atomic E-state index is 0.0121. The third-order valence-corrected chi connectivity index (χ3v) is 5.80. The Labute approximate surface area is 182 Å². The van der Waals surface area contributed by atoms with Crippen molar-refractivity contribution < 1.29 is 9.59 Å². The molecular formula is C25H28N4O2. The van der Waals surface area contributed by atoms with Gasteiger partial charge in [0.2, 0.25) is 0 Å². The minimum absolute atomic E-state index is 0.0121. The maximum absolute atomic E-state index is 12.9. The third kappa shape index (κ3) is 4.53. The molecule has 3 aromatic rings. The topological polar surface area (TPSA) is 69.3 Å². The summed E-state index contributed by atoms with van der Waals surface area (Å²) in [6.07, 6.45) is 7.10. The van der Waals surface area contributed by atoms with Crippen LogP contribution in [0.3, 0.4) is 0 Å². The molecule has 1 aromatic carbocycles. The molecule has 1 saturated heterocycles. The van der Waals surface area contributed by atoms with Gasteiger partial charge < -0.3 is 14.8 Å². The Balaban J connectivity index is 1.44. The van der Waals surface area contributed by atoms with E-state index in [0.29, 0.717) is 19.0 Å². The summed E-state index contributed by atoms with van der Waals surface area (Å²) in [5.74, 6) is 0.557. The summed E-state index contributed by atoms with van der Waals surface area (Å²) in [5, 5.41) is 0.985.